The van der Waals surface area contributed by atoms with Crippen LogP contribution in [0.5, 0.6) is 0 Å². The molecule has 12 heterocycles. The van der Waals surface area contributed by atoms with Crippen molar-refractivity contribution in [3.63, 3.8) is 0 Å². The lowest BCUT2D eigenvalue weighted by molar-refractivity contribution is -0.123. The molecule has 6 fully saturated rings. The van der Waals surface area contributed by atoms with Gasteiger partial charge in [-0.25, -0.2) is 13.2 Å². The Morgan fingerprint density at radius 3 is 1.10 bits per heavy atom. The van der Waals surface area contributed by atoms with Gasteiger partial charge in [-0.1, -0.05) is 91.0 Å². The molecule has 0 radical (unpaired) electrons. The number of hydrogen-bond acceptors (Lipinski definition) is 12. The molecule has 0 N–H and O–H groups in total. The van der Waals surface area contributed by atoms with Crippen molar-refractivity contribution in [3.05, 3.63) is 215 Å². The van der Waals surface area contributed by atoms with Crippen molar-refractivity contribution in [1.82, 2.24) is 44.0 Å². The van der Waals surface area contributed by atoms with E-state index in [1.54, 1.807) is 66.7 Å². The number of ether oxygens (including phenoxy) is 2. The number of thioether (sulfide) groups is 1. The van der Waals surface area contributed by atoms with Crippen LogP contribution in [0.25, 0.3) is 33.4 Å². The number of rotatable bonds is 12. The number of aryl methyl sites for hydroxylation is 3. The second-order valence-electron chi connectivity index (χ2n) is 29.0. The third kappa shape index (κ3) is 12.4. The molecule has 21 heteroatoms. The summed E-state index contributed by atoms with van der Waals surface area (Å²) >= 11 is 2.03. The molecular formula is C80H85F3N12O5S. The lowest BCUT2D eigenvalue weighted by Gasteiger charge is -2.32. The second-order valence-corrected chi connectivity index (χ2v) is 30.2. The molecule has 6 aromatic carbocycles. The number of benzene rings is 6. The second kappa shape index (κ2) is 27.6. The van der Waals surface area contributed by atoms with Gasteiger partial charge in [0, 0.05) is 148 Å². The monoisotopic (exact) mass is 1380 g/mol. The van der Waals surface area contributed by atoms with Gasteiger partial charge in [0.25, 0.3) is 0 Å². The Labute approximate surface area is 591 Å². The molecular weight excluding hydrogens is 1300 g/mol. The van der Waals surface area contributed by atoms with Gasteiger partial charge in [-0.2, -0.15) is 27.1 Å². The van der Waals surface area contributed by atoms with Crippen molar-refractivity contribution in [2.24, 2.45) is 21.1 Å². The molecule has 522 valence electrons. The van der Waals surface area contributed by atoms with Crippen LogP contribution in [0, 0.1) is 17.5 Å². The SMILES string of the molecule is Cn1cc(-c2ccc(CN3C(=O)C4(CCN(C5CCOC5)C4)c4ccccc43)c(F)c2)cn1.Cn1cc(-c2ccc(CN3C(=O)C4(CCN(C5CCOCC5)C4)c4ccccc43)c(F)c2)cn1.Cn1cc(-c2ccc(CN3C(=O)C4(CCN(C5CCSCC5)C4)c4ccccc43)c(F)c2)cn1. The average Bonchev–Trinajstić information content (AvgIpc) is 1.58. The molecule has 0 saturated carbocycles. The smallest absolute Gasteiger partial charge is 0.239 e. The maximum absolute atomic E-state index is 15.2. The summed E-state index contributed by atoms with van der Waals surface area (Å²) in [4.78, 5) is 54.7. The summed E-state index contributed by atoms with van der Waals surface area (Å²) in [5.41, 5.74) is 11.0. The van der Waals surface area contributed by atoms with Gasteiger partial charge in [0.05, 0.1) is 61.1 Å². The molecule has 4 atom stereocenters. The fourth-order valence-corrected chi connectivity index (χ4v) is 18.7. The number of aromatic nitrogens is 6. The van der Waals surface area contributed by atoms with Crippen LogP contribution in [0.3, 0.4) is 0 Å². The van der Waals surface area contributed by atoms with Gasteiger partial charge in [0.2, 0.25) is 17.7 Å². The normalized spacial score (nSPS) is 23.8. The van der Waals surface area contributed by atoms with Crippen LogP contribution < -0.4 is 14.7 Å². The van der Waals surface area contributed by atoms with Crippen molar-refractivity contribution in [2.45, 2.75) is 105 Å². The van der Waals surface area contributed by atoms with Gasteiger partial charge in [-0.3, -0.25) is 43.1 Å². The quantitative estimate of drug-likeness (QED) is 0.115. The lowest BCUT2D eigenvalue weighted by Crippen LogP contribution is -2.45. The van der Waals surface area contributed by atoms with Crippen LogP contribution in [0.1, 0.15) is 84.7 Å². The van der Waals surface area contributed by atoms with Gasteiger partial charge < -0.3 is 24.2 Å². The van der Waals surface area contributed by atoms with E-state index in [1.165, 1.54) is 36.5 Å². The molecule has 17 nitrogen and oxygen atoms in total. The first-order chi connectivity index (χ1) is 49.1. The number of carbonyl (C=O) groups excluding carboxylic acids is 3. The van der Waals surface area contributed by atoms with E-state index in [0.717, 1.165) is 165 Å². The number of fused-ring (bicyclic) bond motifs is 6. The Morgan fingerprint density at radius 2 is 0.762 bits per heavy atom. The highest BCUT2D eigenvalue weighted by molar-refractivity contribution is 7.99. The van der Waals surface area contributed by atoms with Gasteiger partial charge in [0.1, 0.15) is 17.5 Å². The highest BCUT2D eigenvalue weighted by Crippen LogP contribution is 2.52. The van der Waals surface area contributed by atoms with Crippen molar-refractivity contribution >= 4 is 46.5 Å². The van der Waals surface area contributed by atoms with E-state index >= 15 is 13.2 Å². The molecule has 18 rings (SSSR count). The minimum Gasteiger partial charge on any atom is -0.381 e. The van der Waals surface area contributed by atoms with Gasteiger partial charge in [-0.05, 0) is 152 Å². The van der Waals surface area contributed by atoms with Crippen LogP contribution in [0.4, 0.5) is 30.2 Å². The van der Waals surface area contributed by atoms with E-state index < -0.39 is 16.2 Å². The van der Waals surface area contributed by atoms with Gasteiger partial charge in [0.15, 0.2) is 0 Å². The summed E-state index contributed by atoms with van der Waals surface area (Å²) in [6.45, 7) is 8.77. The molecule has 0 aliphatic carbocycles. The zero-order valence-electron chi connectivity index (χ0n) is 57.5. The maximum atomic E-state index is 15.2. The maximum Gasteiger partial charge on any atom is 0.239 e. The minimum atomic E-state index is -0.550. The highest BCUT2D eigenvalue weighted by Gasteiger charge is 2.58. The molecule has 9 aromatic rings. The summed E-state index contributed by atoms with van der Waals surface area (Å²) in [6.07, 6.45) is 18.7. The van der Waals surface area contributed by atoms with Crippen LogP contribution in [0.2, 0.25) is 0 Å². The number of anilines is 3. The Hall–Kier alpha value is -8.70. The number of amides is 3. The lowest BCUT2D eigenvalue weighted by atomic mass is 9.81. The third-order valence-corrected chi connectivity index (χ3v) is 24.1. The van der Waals surface area contributed by atoms with E-state index in [1.807, 2.05) is 129 Å². The van der Waals surface area contributed by atoms with Crippen LogP contribution in [0.15, 0.2) is 165 Å². The Morgan fingerprint density at radius 1 is 0.426 bits per heavy atom. The average molecular weight is 1380 g/mol. The van der Waals surface area contributed by atoms with Crippen LogP contribution >= 0.6 is 11.8 Å². The third-order valence-electron chi connectivity index (χ3n) is 23.1. The molecule has 9 aliphatic heterocycles. The predicted molar refractivity (Wildman–Crippen MR) is 386 cm³/mol. The van der Waals surface area contributed by atoms with Crippen molar-refractivity contribution in [3.8, 4) is 33.4 Å². The van der Waals surface area contributed by atoms with Gasteiger partial charge in [-0.15, -0.1) is 0 Å². The number of carbonyl (C=O) groups is 3. The highest BCUT2D eigenvalue weighted by atomic mass is 32.2. The number of likely N-dealkylation sites (tertiary alicyclic amines) is 3. The van der Waals surface area contributed by atoms with Crippen molar-refractivity contribution in [1.29, 1.82) is 0 Å². The first kappa shape index (κ1) is 66.8. The van der Waals surface area contributed by atoms with Crippen LogP contribution in [-0.2, 0) is 80.9 Å². The number of nitrogens with zero attached hydrogens (tertiary/aromatic N) is 12. The predicted octanol–water partition coefficient (Wildman–Crippen LogP) is 12.0. The molecule has 6 saturated heterocycles. The molecule has 0 bridgehead atoms. The molecule has 101 heavy (non-hydrogen) atoms. The first-order valence-corrected chi connectivity index (χ1v) is 36.8. The number of hydrogen-bond donors (Lipinski definition) is 0. The zero-order chi connectivity index (χ0) is 69.2. The van der Waals surface area contributed by atoms with E-state index in [9.17, 15) is 14.4 Å². The van der Waals surface area contributed by atoms with Crippen molar-refractivity contribution in [2.75, 3.05) is 91.9 Å². The number of halogens is 3. The minimum absolute atomic E-state index is 0.0841. The van der Waals surface area contributed by atoms with Crippen LogP contribution in [-0.4, -0.2) is 157 Å². The van der Waals surface area contributed by atoms with E-state index in [2.05, 4.69) is 48.2 Å². The molecule has 3 aromatic heterocycles. The largest absolute Gasteiger partial charge is 0.381 e. The Bertz CT molecular complexity index is 4410. The molecule has 3 spiro atoms. The standard InChI is InChI=1S/C27H29FN4O2.C27H29FN4OS.C26H27FN4O2/c2*1-30-16-21(15-29-30)19-6-7-20(24(28)14-19)17-32-25-5-3-2-4-23(25)27(26(32)33)10-11-31(18-27)22-8-12-34-13-9-22;1-29-14-20(13-28-29)18-6-7-19(23(27)12-18)15-31-24-5-3-2-4-22(24)26(25(31)32)9-10-30(17-26)21-8-11-33-16-21/h2*2-7,14-16,22H,8-13,17-18H2,1H3;2-7,12-14,21H,8-11,15-17H2,1H3. The summed E-state index contributed by atoms with van der Waals surface area (Å²) < 4.78 is 61.8. The van der Waals surface area contributed by atoms with Gasteiger partial charge >= 0.3 is 0 Å². The summed E-state index contributed by atoms with van der Waals surface area (Å²) in [5, 5.41) is 12.5. The fourth-order valence-electron chi connectivity index (χ4n) is 17.6. The van der Waals surface area contributed by atoms with E-state index in [-0.39, 0.29) is 54.8 Å². The molecule has 4 unspecified atom stereocenters. The summed E-state index contributed by atoms with van der Waals surface area (Å²) in [7, 11) is 5.52. The topological polar surface area (TPSA) is 143 Å². The summed E-state index contributed by atoms with van der Waals surface area (Å²) in [5.74, 6) is 1.82. The Kier molecular flexibility index (Phi) is 18.2. The zero-order valence-corrected chi connectivity index (χ0v) is 58.4. The van der Waals surface area contributed by atoms with E-state index in [0.29, 0.717) is 41.4 Å². The molecule has 9 aliphatic rings. The molecule has 3 amide bonds. The summed E-state index contributed by atoms with van der Waals surface area (Å²) in [6, 6.07) is 41.4. The van der Waals surface area contributed by atoms with Crippen molar-refractivity contribution < 1.29 is 37.0 Å². The Balaban J connectivity index is 0.000000118. The first-order valence-electron chi connectivity index (χ1n) is 35.7. The fraction of sp³-hybridized carbons (Fsp3) is 0.400. The van der Waals surface area contributed by atoms with E-state index in [4.69, 9.17) is 9.47 Å². The number of para-hydroxylation sites is 3.